The molecule has 1 aliphatic rings. The van der Waals surface area contributed by atoms with Gasteiger partial charge in [0.25, 0.3) is 0 Å². The van der Waals surface area contributed by atoms with E-state index in [9.17, 15) is 9.59 Å². The van der Waals surface area contributed by atoms with Gasteiger partial charge in [-0.05, 0) is 42.2 Å². The molecule has 1 fully saturated rings. The lowest BCUT2D eigenvalue weighted by atomic mass is 10.1. The van der Waals surface area contributed by atoms with Crippen LogP contribution in [0, 0.1) is 5.92 Å². The molecule has 0 saturated carbocycles. The van der Waals surface area contributed by atoms with E-state index < -0.39 is 5.97 Å². The van der Waals surface area contributed by atoms with Crippen LogP contribution in [0.1, 0.15) is 28.0 Å². The first-order chi connectivity index (χ1) is 20.1. The number of anilines is 2. The van der Waals surface area contributed by atoms with E-state index in [-0.39, 0.29) is 17.5 Å². The van der Waals surface area contributed by atoms with Crippen LogP contribution >= 0.6 is 0 Å². The number of carbonyl (C=O) groups excluding carboxylic acids is 2. The summed E-state index contributed by atoms with van der Waals surface area (Å²) in [7, 11) is 1.34. The molecule has 41 heavy (non-hydrogen) atoms. The average Bonchev–Trinajstić information content (AvgIpc) is 3.66. The minimum absolute atomic E-state index is 0.184. The van der Waals surface area contributed by atoms with Crippen molar-refractivity contribution in [2.24, 2.45) is 5.92 Å². The molecule has 1 aliphatic heterocycles. The SMILES string of the molecule is COC(=O)c1c(NC(=O)C2CCOC2)c2cc(NCc3cccc4ncccc34)cnc2n1CCc1ccccc1. The van der Waals surface area contributed by atoms with Gasteiger partial charge in [-0.15, -0.1) is 0 Å². The minimum atomic E-state index is -0.535. The molecule has 1 unspecified atom stereocenters. The predicted molar refractivity (Wildman–Crippen MR) is 158 cm³/mol. The van der Waals surface area contributed by atoms with Crippen molar-refractivity contribution in [3.8, 4) is 0 Å². The molecular formula is C32H31N5O4. The number of hydrogen-bond donors (Lipinski definition) is 2. The van der Waals surface area contributed by atoms with E-state index in [0.717, 1.165) is 27.7 Å². The van der Waals surface area contributed by atoms with Crippen LogP contribution in [0.15, 0.2) is 79.1 Å². The molecule has 9 nitrogen and oxygen atoms in total. The van der Waals surface area contributed by atoms with Crippen molar-refractivity contribution in [3.05, 3.63) is 95.9 Å². The van der Waals surface area contributed by atoms with Gasteiger partial charge in [-0.1, -0.05) is 48.5 Å². The van der Waals surface area contributed by atoms with Crippen LogP contribution in [0.4, 0.5) is 11.4 Å². The molecule has 2 aromatic carbocycles. The molecule has 6 rings (SSSR count). The number of nitrogens with zero attached hydrogens (tertiary/aromatic N) is 3. The normalized spacial score (nSPS) is 14.8. The number of rotatable bonds is 9. The van der Waals surface area contributed by atoms with Gasteiger partial charge in [0.15, 0.2) is 5.69 Å². The Bertz CT molecular complexity index is 1700. The highest BCUT2D eigenvalue weighted by molar-refractivity contribution is 6.11. The number of esters is 1. The Labute approximate surface area is 237 Å². The fourth-order valence-electron chi connectivity index (χ4n) is 5.35. The third-order valence-electron chi connectivity index (χ3n) is 7.51. The van der Waals surface area contributed by atoms with Gasteiger partial charge in [-0.3, -0.25) is 9.78 Å². The van der Waals surface area contributed by atoms with Crippen molar-refractivity contribution < 1.29 is 19.1 Å². The summed E-state index contributed by atoms with van der Waals surface area (Å²) in [6, 6.07) is 22.0. The van der Waals surface area contributed by atoms with Crippen molar-refractivity contribution >= 4 is 45.2 Å². The molecule has 0 aliphatic carbocycles. The molecule has 9 heteroatoms. The highest BCUT2D eigenvalue weighted by Crippen LogP contribution is 2.34. The highest BCUT2D eigenvalue weighted by Gasteiger charge is 2.29. The lowest BCUT2D eigenvalue weighted by Gasteiger charge is -2.12. The quantitative estimate of drug-likeness (QED) is 0.243. The van der Waals surface area contributed by atoms with E-state index in [4.69, 9.17) is 14.5 Å². The summed E-state index contributed by atoms with van der Waals surface area (Å²) in [6.07, 6.45) is 4.85. The van der Waals surface area contributed by atoms with Crippen LogP contribution in [-0.4, -0.2) is 46.7 Å². The molecule has 1 amide bonds. The zero-order chi connectivity index (χ0) is 28.2. The Hall–Kier alpha value is -4.76. The number of methoxy groups -OCH3 is 1. The minimum Gasteiger partial charge on any atom is -0.464 e. The zero-order valence-electron chi connectivity index (χ0n) is 22.8. The van der Waals surface area contributed by atoms with Gasteiger partial charge in [0.05, 0.1) is 42.7 Å². The zero-order valence-corrected chi connectivity index (χ0v) is 22.8. The van der Waals surface area contributed by atoms with Gasteiger partial charge >= 0.3 is 5.97 Å². The number of carbonyl (C=O) groups is 2. The Balaban J connectivity index is 1.38. The summed E-state index contributed by atoms with van der Waals surface area (Å²) in [5.41, 5.74) is 5.19. The largest absolute Gasteiger partial charge is 0.464 e. The lowest BCUT2D eigenvalue weighted by molar-refractivity contribution is -0.119. The van der Waals surface area contributed by atoms with Crippen LogP contribution in [0.2, 0.25) is 0 Å². The van der Waals surface area contributed by atoms with E-state index in [2.05, 4.69) is 27.8 Å². The fourth-order valence-corrected chi connectivity index (χ4v) is 5.35. The molecule has 0 spiro atoms. The number of ether oxygens (including phenoxy) is 2. The van der Waals surface area contributed by atoms with Gasteiger partial charge in [0.2, 0.25) is 5.91 Å². The number of pyridine rings is 2. The fraction of sp³-hybridized carbons (Fsp3) is 0.250. The maximum absolute atomic E-state index is 13.2. The Morgan fingerprint density at radius 1 is 1.05 bits per heavy atom. The van der Waals surface area contributed by atoms with Crippen molar-refractivity contribution in [3.63, 3.8) is 0 Å². The van der Waals surface area contributed by atoms with Gasteiger partial charge < -0.3 is 24.7 Å². The summed E-state index contributed by atoms with van der Waals surface area (Å²) in [6.45, 7) is 1.93. The van der Waals surface area contributed by atoms with Gasteiger partial charge in [0.1, 0.15) is 5.65 Å². The van der Waals surface area contributed by atoms with Crippen LogP contribution in [0.5, 0.6) is 0 Å². The second-order valence-corrected chi connectivity index (χ2v) is 10.1. The monoisotopic (exact) mass is 549 g/mol. The molecule has 1 atom stereocenters. The van der Waals surface area contributed by atoms with Crippen molar-refractivity contribution in [1.29, 1.82) is 0 Å². The van der Waals surface area contributed by atoms with Crippen molar-refractivity contribution in [2.45, 2.75) is 25.9 Å². The molecule has 3 aromatic heterocycles. The second kappa shape index (κ2) is 11.8. The lowest BCUT2D eigenvalue weighted by Crippen LogP contribution is -2.24. The maximum atomic E-state index is 13.2. The van der Waals surface area contributed by atoms with Crippen LogP contribution in [0.25, 0.3) is 21.9 Å². The number of amides is 1. The molecule has 2 N–H and O–H groups in total. The predicted octanol–water partition coefficient (Wildman–Crippen LogP) is 5.20. The molecule has 0 bridgehead atoms. The van der Waals surface area contributed by atoms with Crippen molar-refractivity contribution in [2.75, 3.05) is 31.0 Å². The third-order valence-corrected chi connectivity index (χ3v) is 7.51. The van der Waals surface area contributed by atoms with Crippen LogP contribution in [0.3, 0.4) is 0 Å². The van der Waals surface area contributed by atoms with E-state index in [1.54, 1.807) is 12.4 Å². The molecular weight excluding hydrogens is 518 g/mol. The Kier molecular flexibility index (Phi) is 7.60. The van der Waals surface area contributed by atoms with Gasteiger partial charge in [0, 0.05) is 36.7 Å². The second-order valence-electron chi connectivity index (χ2n) is 10.1. The molecule has 208 valence electrons. The molecule has 5 aromatic rings. The third kappa shape index (κ3) is 5.49. The first kappa shape index (κ1) is 26.5. The summed E-state index contributed by atoms with van der Waals surface area (Å²) in [4.78, 5) is 35.7. The highest BCUT2D eigenvalue weighted by atomic mass is 16.5. The summed E-state index contributed by atoms with van der Waals surface area (Å²) in [5, 5.41) is 8.23. The molecule has 0 radical (unpaired) electrons. The Morgan fingerprint density at radius 3 is 2.73 bits per heavy atom. The molecule has 4 heterocycles. The van der Waals surface area contributed by atoms with Crippen molar-refractivity contribution in [1.82, 2.24) is 14.5 Å². The Morgan fingerprint density at radius 2 is 1.93 bits per heavy atom. The standard InChI is InChI=1S/C32H31N5O4/c1-40-32(39)29-28(36-31(38)23-13-16-41-20-23)26-17-24(34-18-22-9-5-11-27-25(22)10-6-14-33-27)19-35-30(26)37(29)15-12-21-7-3-2-4-8-21/h2-11,14,17,19,23,34H,12-13,15-16,18,20H2,1H3,(H,36,38). The number of aromatic nitrogens is 3. The first-order valence-corrected chi connectivity index (χ1v) is 13.7. The number of hydrogen-bond acceptors (Lipinski definition) is 7. The summed E-state index contributed by atoms with van der Waals surface area (Å²) in [5.74, 6) is -0.999. The van der Waals surface area contributed by atoms with E-state index in [1.165, 1.54) is 7.11 Å². The summed E-state index contributed by atoms with van der Waals surface area (Å²) < 4.78 is 12.5. The molecule has 1 saturated heterocycles. The number of benzene rings is 2. The van der Waals surface area contributed by atoms with E-state index >= 15 is 0 Å². The topological polar surface area (TPSA) is 107 Å². The smallest absolute Gasteiger partial charge is 0.356 e. The summed E-state index contributed by atoms with van der Waals surface area (Å²) >= 11 is 0. The number of fused-ring (bicyclic) bond motifs is 2. The van der Waals surface area contributed by atoms with Crippen LogP contribution < -0.4 is 10.6 Å². The van der Waals surface area contributed by atoms with E-state index in [1.807, 2.05) is 59.2 Å². The number of nitrogens with one attached hydrogen (secondary N) is 2. The van der Waals surface area contributed by atoms with E-state index in [0.29, 0.717) is 55.9 Å². The average molecular weight is 550 g/mol. The first-order valence-electron chi connectivity index (χ1n) is 13.7. The van der Waals surface area contributed by atoms with Crippen LogP contribution in [-0.2, 0) is 33.8 Å². The maximum Gasteiger partial charge on any atom is 0.356 e. The van der Waals surface area contributed by atoms with Gasteiger partial charge in [-0.25, -0.2) is 9.78 Å². The van der Waals surface area contributed by atoms with Gasteiger partial charge in [-0.2, -0.15) is 0 Å². The number of aryl methyl sites for hydroxylation is 2.